The first-order chi connectivity index (χ1) is 5.20. The van der Waals surface area contributed by atoms with E-state index in [0.29, 0.717) is 6.04 Å². The van der Waals surface area contributed by atoms with Gasteiger partial charge in [-0.15, -0.1) is 0 Å². The maximum Gasteiger partial charge on any atom is 0.0217 e. The summed E-state index contributed by atoms with van der Waals surface area (Å²) in [4.78, 5) is 2.42. The van der Waals surface area contributed by atoms with E-state index in [-0.39, 0.29) is 0 Å². The molecule has 11 heavy (non-hydrogen) atoms. The molecule has 0 amide bonds. The number of hydrogen-bond donors (Lipinski definition) is 1. The van der Waals surface area contributed by atoms with E-state index in [9.17, 15) is 0 Å². The van der Waals surface area contributed by atoms with Gasteiger partial charge in [0.2, 0.25) is 0 Å². The van der Waals surface area contributed by atoms with Crippen LogP contribution in [0.2, 0.25) is 0 Å². The zero-order valence-electron chi connectivity index (χ0n) is 7.93. The van der Waals surface area contributed by atoms with Crippen molar-refractivity contribution in [2.45, 2.75) is 26.3 Å². The quantitative estimate of drug-likeness (QED) is 0.608. The van der Waals surface area contributed by atoms with Crippen LogP contribution in [0.5, 0.6) is 0 Å². The van der Waals surface area contributed by atoms with Gasteiger partial charge in [0.1, 0.15) is 0 Å². The Kier molecular flexibility index (Phi) is 3.34. The van der Waals surface area contributed by atoms with E-state index >= 15 is 0 Å². The molecule has 1 aliphatic heterocycles. The largest absolute Gasteiger partial charge is 0.312 e. The molecule has 1 saturated heterocycles. The molecule has 1 N–H and O–H groups in total. The van der Waals surface area contributed by atoms with Crippen molar-refractivity contribution in [1.82, 2.24) is 10.2 Å². The number of nitrogens with one attached hydrogen (secondary N) is 1. The van der Waals surface area contributed by atoms with E-state index in [4.69, 9.17) is 0 Å². The van der Waals surface area contributed by atoms with Crippen molar-refractivity contribution in [2.75, 3.05) is 26.7 Å². The summed E-state index contributed by atoms with van der Waals surface area (Å²) in [7, 11) is 2.21. The predicted octanol–water partition coefficient (Wildman–Crippen LogP) is 0.936. The van der Waals surface area contributed by atoms with Gasteiger partial charge in [0, 0.05) is 12.6 Å². The van der Waals surface area contributed by atoms with Gasteiger partial charge >= 0.3 is 0 Å². The Morgan fingerprint density at radius 2 is 2.18 bits per heavy atom. The zero-order chi connectivity index (χ0) is 8.27. The molecular weight excluding hydrogens is 136 g/mol. The summed E-state index contributed by atoms with van der Waals surface area (Å²) in [5, 5.41) is 3.57. The van der Waals surface area contributed by atoms with E-state index in [1.165, 1.54) is 26.1 Å². The molecule has 0 spiro atoms. The van der Waals surface area contributed by atoms with Crippen LogP contribution in [0.1, 0.15) is 20.3 Å². The molecule has 0 radical (unpaired) electrons. The Balaban J connectivity index is 2.39. The smallest absolute Gasteiger partial charge is 0.0217 e. The Morgan fingerprint density at radius 1 is 1.45 bits per heavy atom. The van der Waals surface area contributed by atoms with Crippen LogP contribution in [0, 0.1) is 5.92 Å². The van der Waals surface area contributed by atoms with E-state index in [1.54, 1.807) is 0 Å². The van der Waals surface area contributed by atoms with E-state index < -0.39 is 0 Å². The third-order valence-electron chi connectivity index (χ3n) is 2.44. The monoisotopic (exact) mass is 156 g/mol. The van der Waals surface area contributed by atoms with Crippen molar-refractivity contribution >= 4 is 0 Å². The van der Waals surface area contributed by atoms with Crippen molar-refractivity contribution < 1.29 is 0 Å². The molecule has 0 aliphatic carbocycles. The fourth-order valence-electron chi connectivity index (χ4n) is 1.57. The average molecular weight is 156 g/mol. The highest BCUT2D eigenvalue weighted by Gasteiger charge is 2.17. The maximum atomic E-state index is 3.57. The maximum absolute atomic E-state index is 3.57. The van der Waals surface area contributed by atoms with Crippen molar-refractivity contribution in [3.8, 4) is 0 Å². The minimum Gasteiger partial charge on any atom is -0.312 e. The molecule has 2 heteroatoms. The first-order valence-electron chi connectivity index (χ1n) is 4.62. The first kappa shape index (κ1) is 9.01. The SMILES string of the molecule is CC(C)[C@@H]1CN(C)CCCN1. The van der Waals surface area contributed by atoms with Gasteiger partial charge in [-0.05, 0) is 32.5 Å². The van der Waals surface area contributed by atoms with Crippen LogP contribution in [0.15, 0.2) is 0 Å². The lowest BCUT2D eigenvalue weighted by atomic mass is 10.0. The Labute approximate surface area is 70.0 Å². The standard InChI is InChI=1S/C9H20N2/c1-8(2)9-7-11(3)6-4-5-10-9/h8-10H,4-7H2,1-3H3/t9-/m0/s1. The lowest BCUT2D eigenvalue weighted by Crippen LogP contribution is -2.39. The summed E-state index contributed by atoms with van der Waals surface area (Å²) in [6.07, 6.45) is 1.29. The third kappa shape index (κ3) is 2.80. The molecule has 0 unspecified atom stereocenters. The number of nitrogens with zero attached hydrogens (tertiary/aromatic N) is 1. The summed E-state index contributed by atoms with van der Waals surface area (Å²) >= 11 is 0. The molecule has 1 fully saturated rings. The second-order valence-corrected chi connectivity index (χ2v) is 3.92. The van der Waals surface area contributed by atoms with E-state index in [1.807, 2.05) is 0 Å². The van der Waals surface area contributed by atoms with Gasteiger partial charge in [0.25, 0.3) is 0 Å². The molecule has 0 bridgehead atoms. The molecule has 66 valence electrons. The van der Waals surface area contributed by atoms with Crippen LogP contribution in [-0.4, -0.2) is 37.6 Å². The van der Waals surface area contributed by atoms with Crippen LogP contribution in [0.25, 0.3) is 0 Å². The van der Waals surface area contributed by atoms with Gasteiger partial charge in [0.05, 0.1) is 0 Å². The molecule has 0 aromatic carbocycles. The fraction of sp³-hybridized carbons (Fsp3) is 1.00. The second kappa shape index (κ2) is 4.07. The van der Waals surface area contributed by atoms with Crippen molar-refractivity contribution in [3.05, 3.63) is 0 Å². The summed E-state index contributed by atoms with van der Waals surface area (Å²) in [5.74, 6) is 0.760. The highest BCUT2D eigenvalue weighted by atomic mass is 15.1. The summed E-state index contributed by atoms with van der Waals surface area (Å²) in [6, 6.07) is 0.697. The topological polar surface area (TPSA) is 15.3 Å². The molecule has 1 rings (SSSR count). The lowest BCUT2D eigenvalue weighted by molar-refractivity contribution is 0.290. The highest BCUT2D eigenvalue weighted by molar-refractivity contribution is 4.76. The van der Waals surface area contributed by atoms with E-state index in [0.717, 1.165) is 5.92 Å². The molecule has 0 saturated carbocycles. The summed E-state index contributed by atoms with van der Waals surface area (Å²) < 4.78 is 0. The van der Waals surface area contributed by atoms with E-state index in [2.05, 4.69) is 31.1 Å². The Hall–Kier alpha value is -0.0800. The van der Waals surface area contributed by atoms with Crippen molar-refractivity contribution in [3.63, 3.8) is 0 Å². The normalized spacial score (nSPS) is 28.9. The molecule has 1 heterocycles. The molecule has 2 nitrogen and oxygen atoms in total. The first-order valence-corrected chi connectivity index (χ1v) is 4.62. The van der Waals surface area contributed by atoms with Gasteiger partial charge in [-0.2, -0.15) is 0 Å². The summed E-state index contributed by atoms with van der Waals surface area (Å²) in [6.45, 7) is 8.22. The number of rotatable bonds is 1. The van der Waals surface area contributed by atoms with Gasteiger partial charge in [-0.3, -0.25) is 0 Å². The second-order valence-electron chi connectivity index (χ2n) is 3.92. The Morgan fingerprint density at radius 3 is 2.82 bits per heavy atom. The average Bonchev–Trinajstić information content (AvgIpc) is 2.13. The molecule has 1 atom stereocenters. The molecular formula is C9H20N2. The fourth-order valence-corrected chi connectivity index (χ4v) is 1.57. The number of likely N-dealkylation sites (N-methyl/N-ethyl adjacent to an activating group) is 1. The molecule has 1 aliphatic rings. The lowest BCUT2D eigenvalue weighted by Gasteiger charge is -2.23. The van der Waals surface area contributed by atoms with Crippen molar-refractivity contribution in [1.29, 1.82) is 0 Å². The van der Waals surface area contributed by atoms with Crippen LogP contribution < -0.4 is 5.32 Å². The minimum atomic E-state index is 0.697. The van der Waals surface area contributed by atoms with Gasteiger partial charge < -0.3 is 10.2 Å². The van der Waals surface area contributed by atoms with Gasteiger partial charge in [-0.1, -0.05) is 13.8 Å². The Bertz CT molecular complexity index is 112. The van der Waals surface area contributed by atoms with Gasteiger partial charge in [0.15, 0.2) is 0 Å². The predicted molar refractivity (Wildman–Crippen MR) is 48.7 cm³/mol. The van der Waals surface area contributed by atoms with Gasteiger partial charge in [-0.25, -0.2) is 0 Å². The third-order valence-corrected chi connectivity index (χ3v) is 2.44. The molecule has 0 aromatic heterocycles. The van der Waals surface area contributed by atoms with Crippen LogP contribution in [-0.2, 0) is 0 Å². The molecule has 0 aromatic rings. The van der Waals surface area contributed by atoms with Crippen LogP contribution in [0.3, 0.4) is 0 Å². The van der Waals surface area contributed by atoms with Crippen LogP contribution in [0.4, 0.5) is 0 Å². The summed E-state index contributed by atoms with van der Waals surface area (Å²) in [5.41, 5.74) is 0. The van der Waals surface area contributed by atoms with Crippen LogP contribution >= 0.6 is 0 Å². The number of hydrogen-bond acceptors (Lipinski definition) is 2. The minimum absolute atomic E-state index is 0.697. The zero-order valence-corrected chi connectivity index (χ0v) is 7.93. The van der Waals surface area contributed by atoms with Crippen molar-refractivity contribution in [2.24, 2.45) is 5.92 Å². The highest BCUT2D eigenvalue weighted by Crippen LogP contribution is 2.06.